The molecule has 1 rings (SSSR count). The van der Waals surface area contributed by atoms with Gasteiger partial charge < -0.3 is 0 Å². The molecule has 0 heterocycles. The molecule has 0 radical (unpaired) electrons. The number of hydrogen-bond acceptors (Lipinski definition) is 4. The van der Waals surface area contributed by atoms with Gasteiger partial charge in [-0.3, -0.25) is 0 Å². The lowest BCUT2D eigenvalue weighted by molar-refractivity contribution is 0.565. The van der Waals surface area contributed by atoms with Crippen molar-refractivity contribution >= 4 is 33.2 Å². The Hall–Kier alpha value is -1.16. The highest BCUT2D eigenvalue weighted by Crippen LogP contribution is 2.24. The van der Waals surface area contributed by atoms with Crippen LogP contribution >= 0.6 is 11.6 Å². The van der Waals surface area contributed by atoms with Gasteiger partial charge in [-0.05, 0) is 12.1 Å². The lowest BCUT2D eigenvalue weighted by atomic mass is 10.3. The Morgan fingerprint density at radius 1 is 1.33 bits per heavy atom. The maximum atomic E-state index is 11.7. The molecule has 0 aliphatic rings. The van der Waals surface area contributed by atoms with E-state index in [-0.39, 0.29) is 22.2 Å². The molecule has 0 saturated heterocycles. The predicted molar refractivity (Wildman–Crippen MR) is 57.0 cm³/mol. The average molecular weight is 246 g/mol. The summed E-state index contributed by atoms with van der Waals surface area (Å²) in [6, 6.07) is 5.98. The molecular formula is C9H8ClNO3S. The van der Waals surface area contributed by atoms with Gasteiger partial charge in [-0.15, -0.1) is 11.6 Å². The Kier molecular flexibility index (Phi) is 4.03. The van der Waals surface area contributed by atoms with Crippen molar-refractivity contribution in [2.75, 3.05) is 11.6 Å². The van der Waals surface area contributed by atoms with E-state index < -0.39 is 9.84 Å². The summed E-state index contributed by atoms with van der Waals surface area (Å²) in [6.45, 7) is 0. The van der Waals surface area contributed by atoms with Gasteiger partial charge in [0, 0.05) is 5.88 Å². The van der Waals surface area contributed by atoms with E-state index in [1.165, 1.54) is 18.2 Å². The van der Waals surface area contributed by atoms with E-state index in [4.69, 9.17) is 11.6 Å². The molecule has 0 amide bonds. The molecule has 0 spiro atoms. The number of alkyl halides is 1. The molecule has 4 nitrogen and oxygen atoms in total. The minimum atomic E-state index is -3.47. The number of rotatable bonds is 4. The van der Waals surface area contributed by atoms with E-state index in [1.807, 2.05) is 0 Å². The second-order valence-corrected chi connectivity index (χ2v) is 5.13. The van der Waals surface area contributed by atoms with Crippen LogP contribution in [0, 0.1) is 0 Å². The van der Waals surface area contributed by atoms with Crippen LogP contribution in [-0.4, -0.2) is 26.1 Å². The largest absolute Gasteiger partial charge is 0.240 e. The second-order valence-electron chi connectivity index (χ2n) is 2.68. The van der Waals surface area contributed by atoms with Gasteiger partial charge in [0.25, 0.3) is 0 Å². The molecule has 0 saturated carbocycles. The minimum Gasteiger partial charge on any atom is -0.224 e. The number of isocyanates is 1. The van der Waals surface area contributed by atoms with Crippen molar-refractivity contribution in [3.05, 3.63) is 24.3 Å². The fourth-order valence-corrected chi connectivity index (χ4v) is 2.82. The van der Waals surface area contributed by atoms with Crippen LogP contribution in [0.5, 0.6) is 0 Å². The first-order valence-corrected chi connectivity index (χ1v) is 6.26. The van der Waals surface area contributed by atoms with Crippen molar-refractivity contribution in [1.29, 1.82) is 0 Å². The zero-order chi connectivity index (χ0) is 11.3. The van der Waals surface area contributed by atoms with Crippen molar-refractivity contribution in [2.45, 2.75) is 4.90 Å². The minimum absolute atomic E-state index is 0.00146. The standard InChI is InChI=1S/C9H8ClNO3S/c10-5-6-15(13,14)9-4-2-1-3-8(9)11-7-12/h1-4H,5-6H2. The maximum absolute atomic E-state index is 11.7. The van der Waals surface area contributed by atoms with Crippen LogP contribution in [0.3, 0.4) is 0 Å². The molecule has 15 heavy (non-hydrogen) atoms. The van der Waals surface area contributed by atoms with Gasteiger partial charge in [0.2, 0.25) is 6.08 Å². The lowest BCUT2D eigenvalue weighted by Crippen LogP contribution is -2.07. The first kappa shape index (κ1) is 11.9. The number of carbonyl (C=O) groups excluding carboxylic acids is 1. The summed E-state index contributed by atoms with van der Waals surface area (Å²) in [7, 11) is -3.47. The first-order valence-electron chi connectivity index (χ1n) is 4.07. The van der Waals surface area contributed by atoms with Crippen LogP contribution in [0.4, 0.5) is 5.69 Å². The number of sulfone groups is 1. The van der Waals surface area contributed by atoms with E-state index in [9.17, 15) is 13.2 Å². The average Bonchev–Trinajstić information content (AvgIpc) is 2.19. The number of benzene rings is 1. The van der Waals surface area contributed by atoms with Crippen LogP contribution in [-0.2, 0) is 14.6 Å². The number of hydrogen-bond donors (Lipinski definition) is 0. The number of aliphatic imine (C=N–C) groups is 1. The molecule has 0 N–H and O–H groups in total. The third-order valence-electron chi connectivity index (χ3n) is 1.71. The summed E-state index contributed by atoms with van der Waals surface area (Å²) < 4.78 is 23.3. The highest BCUT2D eigenvalue weighted by molar-refractivity contribution is 7.91. The van der Waals surface area contributed by atoms with Crippen molar-refractivity contribution in [1.82, 2.24) is 0 Å². The van der Waals surface area contributed by atoms with Crippen LogP contribution in [0.1, 0.15) is 0 Å². The molecule has 1 aromatic rings. The Labute approximate surface area is 92.5 Å². The van der Waals surface area contributed by atoms with Crippen LogP contribution in [0.25, 0.3) is 0 Å². The Balaban J connectivity index is 3.30. The topological polar surface area (TPSA) is 63.6 Å². The number of halogens is 1. The third-order valence-corrected chi connectivity index (χ3v) is 3.88. The molecule has 0 atom stereocenters. The van der Waals surface area contributed by atoms with Crippen molar-refractivity contribution in [2.24, 2.45) is 4.99 Å². The fourth-order valence-electron chi connectivity index (χ4n) is 1.07. The summed E-state index contributed by atoms with van der Waals surface area (Å²) in [4.78, 5) is 13.4. The quantitative estimate of drug-likeness (QED) is 0.460. The van der Waals surface area contributed by atoms with Gasteiger partial charge in [0.15, 0.2) is 9.84 Å². The summed E-state index contributed by atoms with van der Waals surface area (Å²) >= 11 is 5.38. The van der Waals surface area contributed by atoms with Gasteiger partial charge in [0.05, 0.1) is 16.3 Å². The van der Waals surface area contributed by atoms with E-state index in [2.05, 4.69) is 4.99 Å². The zero-order valence-corrected chi connectivity index (χ0v) is 9.25. The van der Waals surface area contributed by atoms with Gasteiger partial charge in [-0.1, -0.05) is 12.1 Å². The number of nitrogens with zero attached hydrogens (tertiary/aromatic N) is 1. The fraction of sp³-hybridized carbons (Fsp3) is 0.222. The molecule has 1 aromatic carbocycles. The smallest absolute Gasteiger partial charge is 0.224 e. The number of para-hydroxylation sites is 1. The zero-order valence-electron chi connectivity index (χ0n) is 7.68. The highest BCUT2D eigenvalue weighted by atomic mass is 35.5. The normalized spacial score (nSPS) is 10.7. The Morgan fingerprint density at radius 2 is 2.00 bits per heavy atom. The van der Waals surface area contributed by atoms with Crippen molar-refractivity contribution in [3.63, 3.8) is 0 Å². The van der Waals surface area contributed by atoms with E-state index in [1.54, 1.807) is 12.1 Å². The van der Waals surface area contributed by atoms with E-state index >= 15 is 0 Å². The summed E-state index contributed by atoms with van der Waals surface area (Å²) in [5, 5.41) is 0. The van der Waals surface area contributed by atoms with E-state index in [0.717, 1.165) is 0 Å². The summed E-state index contributed by atoms with van der Waals surface area (Å²) in [5.41, 5.74) is 0.0950. The molecule has 0 unspecified atom stereocenters. The molecule has 0 fully saturated rings. The van der Waals surface area contributed by atoms with Crippen LogP contribution in [0.2, 0.25) is 0 Å². The monoisotopic (exact) mass is 245 g/mol. The van der Waals surface area contributed by atoms with Crippen molar-refractivity contribution < 1.29 is 13.2 Å². The van der Waals surface area contributed by atoms with Crippen LogP contribution in [0.15, 0.2) is 34.2 Å². The molecule has 0 bridgehead atoms. The van der Waals surface area contributed by atoms with Gasteiger partial charge in [-0.25, -0.2) is 13.2 Å². The van der Waals surface area contributed by atoms with Gasteiger partial charge >= 0.3 is 0 Å². The molecular weight excluding hydrogens is 238 g/mol. The first-order chi connectivity index (χ1) is 7.11. The molecule has 6 heteroatoms. The molecule has 0 aliphatic carbocycles. The van der Waals surface area contributed by atoms with Crippen LogP contribution < -0.4 is 0 Å². The lowest BCUT2D eigenvalue weighted by Gasteiger charge is -2.03. The third kappa shape index (κ3) is 2.89. The second kappa shape index (κ2) is 5.07. The maximum Gasteiger partial charge on any atom is 0.240 e. The summed E-state index contributed by atoms with van der Waals surface area (Å²) in [6.07, 6.45) is 1.32. The van der Waals surface area contributed by atoms with Crippen molar-refractivity contribution in [3.8, 4) is 0 Å². The van der Waals surface area contributed by atoms with Gasteiger partial charge in [-0.2, -0.15) is 4.99 Å². The van der Waals surface area contributed by atoms with Gasteiger partial charge in [0.1, 0.15) is 0 Å². The SMILES string of the molecule is O=C=Nc1ccccc1S(=O)(=O)CCCl. The molecule has 80 valence electrons. The van der Waals surface area contributed by atoms with E-state index in [0.29, 0.717) is 0 Å². The molecule has 0 aromatic heterocycles. The highest BCUT2D eigenvalue weighted by Gasteiger charge is 2.17. The Bertz CT molecular complexity index is 492. The molecule has 0 aliphatic heterocycles. The Morgan fingerprint density at radius 3 is 2.60 bits per heavy atom. The summed E-state index contributed by atoms with van der Waals surface area (Å²) in [5.74, 6) is -0.179. The predicted octanol–water partition coefficient (Wildman–Crippen LogP) is 1.67.